The van der Waals surface area contributed by atoms with Crippen LogP contribution in [0.15, 0.2) is 54.9 Å². The van der Waals surface area contributed by atoms with Crippen molar-refractivity contribution in [2.75, 3.05) is 0 Å². The number of rotatable bonds is 8. The largest absolute Gasteiger partial charge is 0.287 e. The highest BCUT2D eigenvalue weighted by Crippen LogP contribution is 2.30. The Morgan fingerprint density at radius 1 is 0.387 bits per heavy atom. The molecule has 23 heteroatoms. The van der Waals surface area contributed by atoms with Crippen LogP contribution in [0.4, 0.5) is 87.8 Å². The molecular formula is C39H16BF20NO. The number of benzene rings is 5. The molecule has 0 amide bonds. The topological polar surface area (TPSA) is 20.9 Å². The van der Waals surface area contributed by atoms with E-state index in [9.17, 15) is 57.5 Å². The second kappa shape index (κ2) is 17.5. The number of pyridine rings is 1. The van der Waals surface area contributed by atoms with E-state index in [1.165, 1.54) is 5.56 Å². The Morgan fingerprint density at radius 3 is 0.871 bits per heavy atom. The van der Waals surface area contributed by atoms with Crippen molar-refractivity contribution >= 4 is 33.8 Å². The minimum atomic E-state index is -7.22. The molecule has 0 aliphatic rings. The van der Waals surface area contributed by atoms with Gasteiger partial charge in [-0.15, -0.1) is 21.9 Å². The van der Waals surface area contributed by atoms with E-state index in [1.54, 1.807) is 0 Å². The summed E-state index contributed by atoms with van der Waals surface area (Å²) in [6.07, 6.45) is -2.41. The van der Waals surface area contributed by atoms with Crippen molar-refractivity contribution < 1.29 is 97.2 Å². The average Bonchev–Trinajstić information content (AvgIpc) is 3.26. The average molecular weight is 905 g/mol. The predicted molar refractivity (Wildman–Crippen MR) is 176 cm³/mol. The number of carbonyl (C=O) groups is 1. The second-order valence-corrected chi connectivity index (χ2v) is 12.8. The van der Waals surface area contributed by atoms with Crippen LogP contribution >= 0.6 is 0 Å². The maximum Gasteiger partial charge on any atom is 0.227 e. The number of hydrogen-bond acceptors (Lipinski definition) is 1. The molecule has 0 bridgehead atoms. The van der Waals surface area contributed by atoms with Crippen molar-refractivity contribution in [1.82, 2.24) is 0 Å². The first-order valence-electron chi connectivity index (χ1n) is 16.8. The number of carbonyl (C=O) groups excluding carboxylic acids is 1. The number of ketones is 1. The first-order valence-corrected chi connectivity index (χ1v) is 16.8. The number of aryl methyl sites for hydroxylation is 1. The van der Waals surface area contributed by atoms with Crippen molar-refractivity contribution in [3.63, 3.8) is 0 Å². The van der Waals surface area contributed by atoms with Crippen molar-refractivity contribution in [3.8, 4) is 0 Å². The Bertz CT molecular complexity index is 2380. The highest BCUT2D eigenvalue weighted by atomic mass is 19.2. The molecule has 6 aromatic rings. The molecule has 0 aliphatic carbocycles. The number of hydrogen-bond donors (Lipinski definition) is 0. The lowest BCUT2D eigenvalue weighted by Gasteiger charge is -2.44. The number of nitrogens with zero attached hydrogens (tertiary/aromatic N) is 1. The van der Waals surface area contributed by atoms with Crippen LogP contribution in [0.2, 0.25) is 0 Å². The van der Waals surface area contributed by atoms with Crippen LogP contribution in [0.5, 0.6) is 0 Å². The van der Waals surface area contributed by atoms with E-state index < -0.39 is 144 Å². The van der Waals surface area contributed by atoms with E-state index in [0.717, 1.165) is 12.0 Å². The van der Waals surface area contributed by atoms with Crippen LogP contribution in [0, 0.1) is 116 Å². The van der Waals surface area contributed by atoms with Gasteiger partial charge in [-0.3, -0.25) is 4.79 Å². The molecule has 2 nitrogen and oxygen atoms in total. The summed E-state index contributed by atoms with van der Waals surface area (Å²) in [6.45, 7) is 2.50. The molecule has 0 aliphatic heterocycles. The van der Waals surface area contributed by atoms with Crippen molar-refractivity contribution in [2.24, 2.45) is 0 Å². The summed E-state index contributed by atoms with van der Waals surface area (Å²) in [6, 6.07) is 13.6. The van der Waals surface area contributed by atoms with Gasteiger partial charge in [-0.05, 0) is 12.0 Å². The van der Waals surface area contributed by atoms with Crippen LogP contribution in [0.25, 0.3) is 0 Å². The highest BCUT2D eigenvalue weighted by molar-refractivity contribution is 7.20. The number of aromatic nitrogens is 1. The monoisotopic (exact) mass is 905 g/mol. The Kier molecular flexibility index (Phi) is 13.2. The number of halogens is 20. The molecule has 0 fully saturated rings. The standard InChI is InChI=1S/C24BF20.C15H16NO/c26-5-1(6(27)14(35)21(42)13(5)34)25(2-7(28)15(36)22(43)16(37)8(2)29,3-9(30)17(38)23(44)18(39)10(3)31)4-11(32)19(40)24(45)20(41)12(4)33;1-2-13-6-8-14(9-7-13)15(17)12-16-10-4-3-5-11-16/h;3-11H,2,12H2,1H3/q-1;+1. The summed E-state index contributed by atoms with van der Waals surface area (Å²) in [5.74, 6) is -71.3. The van der Waals surface area contributed by atoms with E-state index in [2.05, 4.69) is 6.92 Å². The van der Waals surface area contributed by atoms with Gasteiger partial charge in [0, 0.05) is 17.7 Å². The van der Waals surface area contributed by atoms with Crippen LogP contribution in [0.3, 0.4) is 0 Å². The molecule has 0 radical (unpaired) electrons. The fourth-order valence-corrected chi connectivity index (χ4v) is 6.60. The Labute approximate surface area is 333 Å². The summed E-state index contributed by atoms with van der Waals surface area (Å²) in [5, 5.41) is 0. The van der Waals surface area contributed by atoms with Gasteiger partial charge in [-0.1, -0.05) is 37.3 Å². The maximum atomic E-state index is 15.4. The summed E-state index contributed by atoms with van der Waals surface area (Å²) in [4.78, 5) is 12.0. The van der Waals surface area contributed by atoms with E-state index in [1.807, 2.05) is 59.4 Å². The van der Waals surface area contributed by atoms with Gasteiger partial charge in [0.15, 0.2) is 82.2 Å². The second-order valence-electron chi connectivity index (χ2n) is 12.8. The van der Waals surface area contributed by atoms with Crippen LogP contribution < -0.4 is 26.4 Å². The van der Waals surface area contributed by atoms with Crippen molar-refractivity contribution in [1.29, 1.82) is 0 Å². The predicted octanol–water partition coefficient (Wildman–Crippen LogP) is 8.27. The third kappa shape index (κ3) is 7.39. The molecule has 0 N–H and O–H groups in total. The molecule has 326 valence electrons. The van der Waals surface area contributed by atoms with Gasteiger partial charge in [-0.2, -0.15) is 4.57 Å². The molecule has 0 saturated heterocycles. The fourth-order valence-electron chi connectivity index (χ4n) is 6.60. The van der Waals surface area contributed by atoms with Gasteiger partial charge in [-0.25, -0.2) is 87.8 Å². The molecule has 1 aromatic heterocycles. The fraction of sp³-hybridized carbons (Fsp3) is 0.0769. The van der Waals surface area contributed by atoms with Gasteiger partial charge in [0.25, 0.3) is 0 Å². The zero-order valence-corrected chi connectivity index (χ0v) is 30.1. The van der Waals surface area contributed by atoms with Gasteiger partial charge >= 0.3 is 0 Å². The first-order chi connectivity index (χ1) is 29.0. The summed E-state index contributed by atoms with van der Waals surface area (Å²) in [5.41, 5.74) is -12.3. The quantitative estimate of drug-likeness (QED) is 0.0377. The van der Waals surface area contributed by atoms with Crippen molar-refractivity contribution in [3.05, 3.63) is 182 Å². The zero-order valence-electron chi connectivity index (χ0n) is 30.1. The SMILES string of the molecule is CCc1ccc(C(=O)C[n+]2ccccc2)cc1.Fc1c(F)c(F)c([B-](c2c(F)c(F)c(F)c(F)c2F)(c2c(F)c(F)c(F)c(F)c2F)c2c(F)c(F)c(F)c(F)c2F)c(F)c1F. The molecular weight excluding hydrogens is 889 g/mol. The number of Topliss-reactive ketones (excluding diaryl/α,β-unsaturated/α-hetero) is 1. The highest BCUT2D eigenvalue weighted by Gasteiger charge is 2.52. The minimum absolute atomic E-state index is 0.142. The normalized spacial score (nSPS) is 11.5. The summed E-state index contributed by atoms with van der Waals surface area (Å²) >= 11 is 0. The van der Waals surface area contributed by atoms with Gasteiger partial charge in [0.2, 0.25) is 12.3 Å². The lowest BCUT2D eigenvalue weighted by Crippen LogP contribution is -2.81. The Hall–Kier alpha value is -6.42. The minimum Gasteiger partial charge on any atom is -0.287 e. The molecule has 5 aromatic carbocycles. The first kappa shape index (κ1) is 46.6. The third-order valence-electron chi connectivity index (χ3n) is 9.49. The van der Waals surface area contributed by atoms with Gasteiger partial charge < -0.3 is 0 Å². The van der Waals surface area contributed by atoms with Crippen LogP contribution in [-0.4, -0.2) is 11.9 Å². The molecule has 0 saturated carbocycles. The summed E-state index contributed by atoms with van der Waals surface area (Å²) in [7, 11) is 0. The lowest BCUT2D eigenvalue weighted by molar-refractivity contribution is -0.683. The molecule has 0 atom stereocenters. The Morgan fingerprint density at radius 2 is 0.629 bits per heavy atom. The maximum absolute atomic E-state index is 15.4. The smallest absolute Gasteiger partial charge is 0.227 e. The van der Waals surface area contributed by atoms with E-state index in [4.69, 9.17) is 0 Å². The molecule has 1 heterocycles. The zero-order chi connectivity index (χ0) is 46.4. The van der Waals surface area contributed by atoms with E-state index in [-0.39, 0.29) is 5.78 Å². The van der Waals surface area contributed by atoms with Crippen LogP contribution in [0.1, 0.15) is 22.8 Å². The molecule has 0 unspecified atom stereocenters. The summed E-state index contributed by atoms with van der Waals surface area (Å²) < 4.78 is 296. The molecule has 6 rings (SSSR count). The lowest BCUT2D eigenvalue weighted by atomic mass is 9.12. The van der Waals surface area contributed by atoms with E-state index >= 15 is 35.1 Å². The van der Waals surface area contributed by atoms with Crippen molar-refractivity contribution in [2.45, 2.75) is 19.9 Å². The Balaban J connectivity index is 0.000000355. The third-order valence-corrected chi connectivity index (χ3v) is 9.49. The molecule has 62 heavy (non-hydrogen) atoms. The van der Waals surface area contributed by atoms with Gasteiger partial charge in [0.05, 0.1) is 0 Å². The van der Waals surface area contributed by atoms with E-state index in [0.29, 0.717) is 6.54 Å². The van der Waals surface area contributed by atoms with Crippen LogP contribution in [-0.2, 0) is 13.0 Å². The molecule has 0 spiro atoms. The van der Waals surface area contributed by atoms with Gasteiger partial charge in [0.1, 0.15) is 52.7 Å².